The van der Waals surface area contributed by atoms with Crippen molar-refractivity contribution in [3.63, 3.8) is 0 Å². The monoisotopic (exact) mass is 364 g/mol. The molecule has 2 rings (SSSR count). The first-order chi connectivity index (χ1) is 12.4. The first-order valence-electron chi connectivity index (χ1n) is 8.16. The topological polar surface area (TPSA) is 58.2 Å². The summed E-state index contributed by atoms with van der Waals surface area (Å²) in [6.45, 7) is 0.424. The van der Waals surface area contributed by atoms with E-state index in [0.717, 1.165) is 18.2 Å². The summed E-state index contributed by atoms with van der Waals surface area (Å²) in [5, 5.41) is 5.20. The number of benzene rings is 2. The second kappa shape index (κ2) is 9.60. The van der Waals surface area contributed by atoms with Crippen molar-refractivity contribution in [3.05, 3.63) is 71.0 Å². The fraction of sp³-hybridized carbons (Fsp3) is 0.263. The maximum atomic E-state index is 13.5. The highest BCUT2D eigenvalue weighted by Crippen LogP contribution is 2.11. The molecule has 0 unspecified atom stereocenters. The third-order valence-electron chi connectivity index (χ3n) is 3.65. The zero-order valence-corrected chi connectivity index (χ0v) is 14.0. The van der Waals surface area contributed by atoms with Crippen LogP contribution in [0, 0.1) is 17.5 Å². The van der Waals surface area contributed by atoms with E-state index < -0.39 is 17.5 Å². The summed E-state index contributed by atoms with van der Waals surface area (Å²) < 4.78 is 39.5. The van der Waals surface area contributed by atoms with E-state index in [-0.39, 0.29) is 49.7 Å². The molecule has 7 heteroatoms. The van der Waals surface area contributed by atoms with Gasteiger partial charge >= 0.3 is 0 Å². The molecule has 0 aliphatic heterocycles. The molecule has 0 aromatic heterocycles. The Bertz CT molecular complexity index is 781. The highest BCUT2D eigenvalue weighted by molar-refractivity contribution is 5.79. The van der Waals surface area contributed by atoms with Crippen molar-refractivity contribution < 1.29 is 22.8 Å². The van der Waals surface area contributed by atoms with Gasteiger partial charge in [0.25, 0.3) is 0 Å². The molecule has 0 heterocycles. The fourth-order valence-corrected chi connectivity index (χ4v) is 2.37. The summed E-state index contributed by atoms with van der Waals surface area (Å²) in [7, 11) is 0. The van der Waals surface area contributed by atoms with Crippen molar-refractivity contribution in [1.82, 2.24) is 10.6 Å². The van der Waals surface area contributed by atoms with E-state index in [1.807, 2.05) is 0 Å². The molecule has 0 spiro atoms. The lowest BCUT2D eigenvalue weighted by molar-refractivity contribution is -0.122. The normalized spacial score (nSPS) is 10.4. The molecule has 26 heavy (non-hydrogen) atoms. The largest absolute Gasteiger partial charge is 0.354 e. The molecule has 0 bridgehead atoms. The summed E-state index contributed by atoms with van der Waals surface area (Å²) in [4.78, 5) is 23.4. The van der Waals surface area contributed by atoms with Crippen molar-refractivity contribution in [3.8, 4) is 0 Å². The predicted octanol–water partition coefficient (Wildman–Crippen LogP) is 2.51. The van der Waals surface area contributed by atoms with Crippen LogP contribution in [0.15, 0.2) is 42.5 Å². The van der Waals surface area contributed by atoms with Crippen LogP contribution in [0.1, 0.15) is 17.5 Å². The number of aryl methyl sites for hydroxylation is 1. The molecule has 2 amide bonds. The smallest absolute Gasteiger partial charge is 0.224 e. The van der Waals surface area contributed by atoms with Gasteiger partial charge in [-0.2, -0.15) is 0 Å². The van der Waals surface area contributed by atoms with Gasteiger partial charge in [0.1, 0.15) is 17.5 Å². The lowest BCUT2D eigenvalue weighted by atomic mass is 10.1. The molecular weight excluding hydrogens is 345 g/mol. The van der Waals surface area contributed by atoms with Crippen LogP contribution in [-0.4, -0.2) is 24.9 Å². The Morgan fingerprint density at radius 1 is 0.846 bits per heavy atom. The molecule has 0 radical (unpaired) electrons. The van der Waals surface area contributed by atoms with Gasteiger partial charge in [-0.15, -0.1) is 0 Å². The van der Waals surface area contributed by atoms with Crippen molar-refractivity contribution in [2.45, 2.75) is 19.3 Å². The van der Waals surface area contributed by atoms with Crippen LogP contribution in [0.2, 0.25) is 0 Å². The molecule has 138 valence electrons. The minimum Gasteiger partial charge on any atom is -0.354 e. The summed E-state index contributed by atoms with van der Waals surface area (Å²) in [6, 6.07) is 8.87. The average Bonchev–Trinajstić information content (AvgIpc) is 2.59. The van der Waals surface area contributed by atoms with Gasteiger partial charge in [0.15, 0.2) is 0 Å². The van der Waals surface area contributed by atoms with Crippen LogP contribution in [0.25, 0.3) is 0 Å². The van der Waals surface area contributed by atoms with Gasteiger partial charge in [-0.25, -0.2) is 13.2 Å². The number of rotatable bonds is 8. The Labute approximate surface area is 149 Å². The molecule has 2 aromatic carbocycles. The molecule has 0 fully saturated rings. The second-order valence-corrected chi connectivity index (χ2v) is 5.74. The second-order valence-electron chi connectivity index (χ2n) is 5.74. The number of hydrogen-bond donors (Lipinski definition) is 2. The lowest BCUT2D eigenvalue weighted by Crippen LogP contribution is -2.35. The SMILES string of the molecule is O=C(CCc1cc(F)ccc1F)NCCNC(=O)Cc1cccc(F)c1. The van der Waals surface area contributed by atoms with Gasteiger partial charge in [0.05, 0.1) is 6.42 Å². The van der Waals surface area contributed by atoms with Crippen LogP contribution < -0.4 is 10.6 Å². The highest BCUT2D eigenvalue weighted by Gasteiger charge is 2.08. The van der Waals surface area contributed by atoms with Gasteiger partial charge < -0.3 is 10.6 Å². The highest BCUT2D eigenvalue weighted by atomic mass is 19.1. The molecular formula is C19H19F3N2O2. The standard InChI is InChI=1S/C19H19F3N2O2/c20-15-3-1-2-13(10-15)11-19(26)24-9-8-23-18(25)7-4-14-12-16(21)5-6-17(14)22/h1-3,5-6,10,12H,4,7-9,11H2,(H,23,25)(H,24,26). The molecule has 2 N–H and O–H groups in total. The van der Waals surface area contributed by atoms with E-state index in [9.17, 15) is 22.8 Å². The molecule has 2 aromatic rings. The summed E-state index contributed by atoms with van der Waals surface area (Å²) >= 11 is 0. The maximum absolute atomic E-state index is 13.5. The van der Waals surface area contributed by atoms with E-state index in [0.29, 0.717) is 5.56 Å². The number of hydrogen-bond acceptors (Lipinski definition) is 2. The molecule has 0 saturated carbocycles. The third kappa shape index (κ3) is 6.58. The fourth-order valence-electron chi connectivity index (χ4n) is 2.37. The minimum atomic E-state index is -0.553. The van der Waals surface area contributed by atoms with E-state index in [4.69, 9.17) is 0 Å². The van der Waals surface area contributed by atoms with Crippen LogP contribution in [0.5, 0.6) is 0 Å². The van der Waals surface area contributed by atoms with Crippen LogP contribution in [-0.2, 0) is 22.4 Å². The average molecular weight is 364 g/mol. The van der Waals surface area contributed by atoms with Gasteiger partial charge in [-0.1, -0.05) is 12.1 Å². The van der Waals surface area contributed by atoms with Gasteiger partial charge in [0, 0.05) is 19.5 Å². The van der Waals surface area contributed by atoms with Crippen LogP contribution in [0.4, 0.5) is 13.2 Å². The van der Waals surface area contributed by atoms with Crippen molar-refractivity contribution in [2.75, 3.05) is 13.1 Å². The number of halogens is 3. The molecule has 0 saturated heterocycles. The number of amides is 2. The maximum Gasteiger partial charge on any atom is 0.224 e. The zero-order chi connectivity index (χ0) is 18.9. The van der Waals surface area contributed by atoms with E-state index in [1.165, 1.54) is 18.2 Å². The van der Waals surface area contributed by atoms with Crippen molar-refractivity contribution in [1.29, 1.82) is 0 Å². The summed E-state index contributed by atoms with van der Waals surface area (Å²) in [5.74, 6) is -2.12. The zero-order valence-electron chi connectivity index (χ0n) is 14.0. The van der Waals surface area contributed by atoms with Crippen LogP contribution >= 0.6 is 0 Å². The predicted molar refractivity (Wildman–Crippen MR) is 90.8 cm³/mol. The summed E-state index contributed by atoms with van der Waals surface area (Å²) in [5.41, 5.74) is 0.701. The van der Waals surface area contributed by atoms with Gasteiger partial charge in [-0.3, -0.25) is 9.59 Å². The Kier molecular flexibility index (Phi) is 7.20. The van der Waals surface area contributed by atoms with Gasteiger partial charge in [-0.05, 0) is 47.9 Å². The number of nitrogens with one attached hydrogen (secondary N) is 2. The molecule has 0 aliphatic carbocycles. The number of carbonyl (C=O) groups is 2. The molecule has 0 aliphatic rings. The third-order valence-corrected chi connectivity index (χ3v) is 3.65. The van der Waals surface area contributed by atoms with E-state index in [2.05, 4.69) is 10.6 Å². The molecule has 4 nitrogen and oxygen atoms in total. The quantitative estimate of drug-likeness (QED) is 0.707. The van der Waals surface area contributed by atoms with Crippen molar-refractivity contribution >= 4 is 11.8 Å². The summed E-state index contributed by atoms with van der Waals surface area (Å²) in [6.07, 6.45) is 0.142. The Balaban J connectivity index is 1.63. The Hall–Kier alpha value is -2.83. The Morgan fingerprint density at radius 3 is 2.27 bits per heavy atom. The van der Waals surface area contributed by atoms with Crippen molar-refractivity contribution in [2.24, 2.45) is 0 Å². The van der Waals surface area contributed by atoms with E-state index >= 15 is 0 Å². The lowest BCUT2D eigenvalue weighted by Gasteiger charge is -2.08. The minimum absolute atomic E-state index is 0.0115. The molecule has 0 atom stereocenters. The first kappa shape index (κ1) is 19.5. The van der Waals surface area contributed by atoms with Crippen LogP contribution in [0.3, 0.4) is 0 Å². The van der Waals surface area contributed by atoms with E-state index in [1.54, 1.807) is 6.07 Å². The number of carbonyl (C=O) groups excluding carboxylic acids is 2. The van der Waals surface area contributed by atoms with Gasteiger partial charge in [0.2, 0.25) is 11.8 Å². The first-order valence-corrected chi connectivity index (χ1v) is 8.16. The Morgan fingerprint density at radius 2 is 1.54 bits per heavy atom.